The van der Waals surface area contributed by atoms with Crippen LogP contribution in [0.3, 0.4) is 0 Å². The molecule has 2 heterocycles. The Morgan fingerprint density at radius 2 is 1.88 bits per heavy atom. The van der Waals surface area contributed by atoms with Crippen LogP contribution in [0.15, 0.2) is 41.0 Å². The number of ether oxygens (including phenoxy) is 1. The molecule has 0 saturated carbocycles. The van der Waals surface area contributed by atoms with Crippen molar-refractivity contribution in [3.63, 3.8) is 0 Å². The minimum Gasteiger partial charge on any atom is -0.495 e. The van der Waals surface area contributed by atoms with Crippen LogP contribution in [0.1, 0.15) is 16.1 Å². The molecule has 2 aromatic rings. The summed E-state index contributed by atoms with van der Waals surface area (Å²) in [4.78, 5) is 27.4. The molecular weight excluding hydrogens is 324 g/mol. The van der Waals surface area contributed by atoms with Crippen molar-refractivity contribution in [1.29, 1.82) is 0 Å². The first-order valence-corrected chi connectivity index (χ1v) is 8.05. The number of hydrogen-bond donors (Lipinski definition) is 1. The van der Waals surface area contributed by atoms with Gasteiger partial charge in [0, 0.05) is 26.2 Å². The Labute approximate surface area is 145 Å². The average molecular weight is 344 g/mol. The minimum atomic E-state index is -1.02. The van der Waals surface area contributed by atoms with Gasteiger partial charge in [-0.1, -0.05) is 12.1 Å². The van der Waals surface area contributed by atoms with E-state index in [0.717, 1.165) is 11.4 Å². The predicted octanol–water partition coefficient (Wildman–Crippen LogP) is 1.88. The number of methoxy groups -OCH3 is 1. The number of hydrogen-bond acceptors (Lipinski definition) is 5. The molecule has 1 aliphatic heterocycles. The van der Waals surface area contributed by atoms with Gasteiger partial charge < -0.3 is 24.1 Å². The zero-order chi connectivity index (χ0) is 17.8. The number of furan rings is 1. The van der Waals surface area contributed by atoms with Gasteiger partial charge in [0.05, 0.1) is 24.6 Å². The zero-order valence-corrected chi connectivity index (χ0v) is 14.0. The number of aliphatic carboxylic acids is 1. The second-order valence-electron chi connectivity index (χ2n) is 5.78. The van der Waals surface area contributed by atoms with Crippen LogP contribution in [0.5, 0.6) is 5.75 Å². The topological polar surface area (TPSA) is 83.2 Å². The Balaban J connectivity index is 1.67. The van der Waals surface area contributed by atoms with Crippen molar-refractivity contribution in [3.8, 4) is 5.75 Å². The monoisotopic (exact) mass is 344 g/mol. The number of para-hydroxylation sites is 2. The van der Waals surface area contributed by atoms with Gasteiger partial charge in [0.25, 0.3) is 5.91 Å². The normalized spacial score (nSPS) is 14.4. The number of amides is 1. The summed E-state index contributed by atoms with van der Waals surface area (Å²) in [5, 5.41) is 8.91. The van der Waals surface area contributed by atoms with E-state index in [2.05, 4.69) is 4.90 Å². The number of carbonyl (C=O) groups is 2. The van der Waals surface area contributed by atoms with E-state index in [4.69, 9.17) is 14.3 Å². The van der Waals surface area contributed by atoms with E-state index >= 15 is 0 Å². The Bertz CT molecular complexity index is 762. The van der Waals surface area contributed by atoms with Crippen molar-refractivity contribution in [3.05, 3.63) is 47.9 Å². The highest BCUT2D eigenvalue weighted by molar-refractivity contribution is 5.96. The molecule has 1 aromatic carbocycles. The van der Waals surface area contributed by atoms with E-state index < -0.39 is 5.97 Å². The van der Waals surface area contributed by atoms with Gasteiger partial charge in [-0.3, -0.25) is 9.59 Å². The molecular formula is C18H20N2O5. The van der Waals surface area contributed by atoms with Gasteiger partial charge in [-0.25, -0.2) is 0 Å². The molecule has 7 nitrogen and oxygen atoms in total. The number of carboxylic acids is 1. The highest BCUT2D eigenvalue weighted by Crippen LogP contribution is 2.28. The SMILES string of the molecule is COc1ccccc1N1CCN(C(=O)c2ccoc2CC(=O)O)CC1. The molecule has 0 unspecified atom stereocenters. The highest BCUT2D eigenvalue weighted by Gasteiger charge is 2.26. The standard InChI is InChI=1S/C18H20N2O5/c1-24-15-5-3-2-4-14(15)19-7-9-20(10-8-19)18(23)13-6-11-25-16(13)12-17(21)22/h2-6,11H,7-10,12H2,1H3,(H,21,22). The predicted molar refractivity (Wildman–Crippen MR) is 91.2 cm³/mol. The van der Waals surface area contributed by atoms with Crippen LogP contribution < -0.4 is 9.64 Å². The lowest BCUT2D eigenvalue weighted by Gasteiger charge is -2.36. The molecule has 1 amide bonds. The first-order chi connectivity index (χ1) is 12.1. The third-order valence-corrected chi connectivity index (χ3v) is 4.28. The summed E-state index contributed by atoms with van der Waals surface area (Å²) in [5.74, 6) is -0.208. The van der Waals surface area contributed by atoms with Crippen LogP contribution in [-0.2, 0) is 11.2 Å². The van der Waals surface area contributed by atoms with Gasteiger partial charge in [0.15, 0.2) is 0 Å². The number of anilines is 1. The van der Waals surface area contributed by atoms with Gasteiger partial charge in [-0.05, 0) is 18.2 Å². The molecule has 0 spiro atoms. The lowest BCUT2D eigenvalue weighted by molar-refractivity contribution is -0.136. The maximum absolute atomic E-state index is 12.7. The quantitative estimate of drug-likeness (QED) is 0.892. The summed E-state index contributed by atoms with van der Waals surface area (Å²) in [6.45, 7) is 2.46. The van der Waals surface area contributed by atoms with Crippen LogP contribution in [0.2, 0.25) is 0 Å². The van der Waals surface area contributed by atoms with E-state index in [9.17, 15) is 9.59 Å². The maximum atomic E-state index is 12.7. The Morgan fingerprint density at radius 1 is 1.16 bits per heavy atom. The van der Waals surface area contributed by atoms with E-state index in [0.29, 0.717) is 31.7 Å². The first-order valence-electron chi connectivity index (χ1n) is 8.05. The molecule has 0 aliphatic carbocycles. The maximum Gasteiger partial charge on any atom is 0.311 e. The second-order valence-corrected chi connectivity index (χ2v) is 5.78. The number of piperazine rings is 1. The van der Waals surface area contributed by atoms with Crippen LogP contribution in [0.25, 0.3) is 0 Å². The van der Waals surface area contributed by atoms with Crippen molar-refractivity contribution in [2.75, 3.05) is 38.2 Å². The minimum absolute atomic E-state index is 0.190. The summed E-state index contributed by atoms with van der Waals surface area (Å²) in [6.07, 6.45) is 1.06. The number of benzene rings is 1. The van der Waals surface area contributed by atoms with Gasteiger partial charge in [0.2, 0.25) is 0 Å². The number of carbonyl (C=O) groups excluding carboxylic acids is 1. The summed E-state index contributed by atoms with van der Waals surface area (Å²) in [6, 6.07) is 9.32. The van der Waals surface area contributed by atoms with Crippen LogP contribution in [-0.4, -0.2) is 55.2 Å². The molecule has 0 bridgehead atoms. The largest absolute Gasteiger partial charge is 0.495 e. The van der Waals surface area contributed by atoms with Crippen LogP contribution in [0, 0.1) is 0 Å². The second kappa shape index (κ2) is 7.29. The van der Waals surface area contributed by atoms with Crippen LogP contribution in [0.4, 0.5) is 5.69 Å². The van der Waals surface area contributed by atoms with Crippen molar-refractivity contribution in [1.82, 2.24) is 4.90 Å². The fourth-order valence-corrected chi connectivity index (χ4v) is 3.02. The van der Waals surface area contributed by atoms with Gasteiger partial charge >= 0.3 is 5.97 Å². The summed E-state index contributed by atoms with van der Waals surface area (Å²) >= 11 is 0. The lowest BCUT2D eigenvalue weighted by Crippen LogP contribution is -2.49. The molecule has 25 heavy (non-hydrogen) atoms. The molecule has 1 fully saturated rings. The average Bonchev–Trinajstić information content (AvgIpc) is 3.08. The van der Waals surface area contributed by atoms with Gasteiger partial charge in [0.1, 0.15) is 17.9 Å². The number of rotatable bonds is 5. The van der Waals surface area contributed by atoms with Crippen LogP contribution >= 0.6 is 0 Å². The van der Waals surface area contributed by atoms with Gasteiger partial charge in [-0.15, -0.1) is 0 Å². The lowest BCUT2D eigenvalue weighted by atomic mass is 10.1. The summed E-state index contributed by atoms with van der Waals surface area (Å²) in [7, 11) is 1.64. The molecule has 1 aromatic heterocycles. The summed E-state index contributed by atoms with van der Waals surface area (Å²) < 4.78 is 10.5. The van der Waals surface area contributed by atoms with Crippen molar-refractivity contribution < 1.29 is 23.8 Å². The molecule has 0 radical (unpaired) electrons. The molecule has 3 rings (SSSR count). The van der Waals surface area contributed by atoms with E-state index in [1.54, 1.807) is 12.0 Å². The van der Waals surface area contributed by atoms with Crippen molar-refractivity contribution in [2.45, 2.75) is 6.42 Å². The summed E-state index contributed by atoms with van der Waals surface area (Å²) in [5.41, 5.74) is 1.33. The smallest absolute Gasteiger partial charge is 0.311 e. The molecule has 1 N–H and O–H groups in total. The van der Waals surface area contributed by atoms with E-state index in [1.165, 1.54) is 12.3 Å². The fourth-order valence-electron chi connectivity index (χ4n) is 3.02. The molecule has 0 atom stereocenters. The molecule has 132 valence electrons. The van der Waals surface area contributed by atoms with Gasteiger partial charge in [-0.2, -0.15) is 0 Å². The Hall–Kier alpha value is -2.96. The molecule has 7 heteroatoms. The number of carboxylic acid groups (broad SMARTS) is 1. The van der Waals surface area contributed by atoms with Crippen molar-refractivity contribution in [2.24, 2.45) is 0 Å². The van der Waals surface area contributed by atoms with E-state index in [-0.39, 0.29) is 18.1 Å². The fraction of sp³-hybridized carbons (Fsp3) is 0.333. The Kier molecular flexibility index (Phi) is 4.92. The third-order valence-electron chi connectivity index (χ3n) is 4.28. The molecule has 1 saturated heterocycles. The third kappa shape index (κ3) is 3.60. The highest BCUT2D eigenvalue weighted by atomic mass is 16.5. The first kappa shape index (κ1) is 16.9. The number of nitrogens with zero attached hydrogens (tertiary/aromatic N) is 2. The Morgan fingerprint density at radius 3 is 2.56 bits per heavy atom. The molecule has 1 aliphatic rings. The van der Waals surface area contributed by atoms with Crippen molar-refractivity contribution >= 4 is 17.6 Å². The van der Waals surface area contributed by atoms with E-state index in [1.807, 2.05) is 24.3 Å². The zero-order valence-electron chi connectivity index (χ0n) is 14.0.